The number of aromatic nitrogens is 2. The Bertz CT molecular complexity index is 647. The molecule has 2 heterocycles. The van der Waals surface area contributed by atoms with E-state index in [0.717, 1.165) is 25.1 Å². The minimum atomic E-state index is -3.15. The molecular weight excluding hydrogens is 314 g/mol. The van der Waals surface area contributed by atoms with Crippen molar-refractivity contribution in [3.8, 4) is 0 Å². The van der Waals surface area contributed by atoms with Crippen LogP contribution in [0.3, 0.4) is 0 Å². The second-order valence-corrected chi connectivity index (χ2v) is 9.38. The minimum absolute atomic E-state index is 0.0381. The van der Waals surface area contributed by atoms with Gasteiger partial charge in [0.15, 0.2) is 0 Å². The summed E-state index contributed by atoms with van der Waals surface area (Å²) in [6.45, 7) is 2.32. The van der Waals surface area contributed by atoms with E-state index in [1.54, 1.807) is 16.8 Å². The number of hydrogen-bond donors (Lipinski definition) is 0. The van der Waals surface area contributed by atoms with Crippen molar-refractivity contribution in [1.29, 1.82) is 0 Å². The molecule has 7 heteroatoms. The fraction of sp³-hybridized carbons (Fsp3) is 0.812. The van der Waals surface area contributed by atoms with Crippen LogP contribution in [0.4, 0.5) is 0 Å². The third-order valence-corrected chi connectivity index (χ3v) is 7.65. The quantitative estimate of drug-likeness (QED) is 0.794. The lowest BCUT2D eigenvalue weighted by Crippen LogP contribution is -2.43. The average Bonchev–Trinajstić information content (AvgIpc) is 3.08. The maximum Gasteiger partial charge on any atom is 0.217 e. The van der Waals surface area contributed by atoms with E-state index in [1.807, 2.05) is 0 Å². The van der Waals surface area contributed by atoms with Crippen molar-refractivity contribution >= 4 is 10.0 Å². The Morgan fingerprint density at radius 2 is 1.96 bits per heavy atom. The van der Waals surface area contributed by atoms with Gasteiger partial charge in [0.25, 0.3) is 0 Å². The maximum atomic E-state index is 12.6. The zero-order valence-corrected chi connectivity index (χ0v) is 14.2. The normalized spacial score (nSPS) is 26.5. The van der Waals surface area contributed by atoms with Crippen molar-refractivity contribution in [1.82, 2.24) is 13.9 Å². The first-order valence-electron chi connectivity index (χ1n) is 8.72. The van der Waals surface area contributed by atoms with Gasteiger partial charge in [0.05, 0.1) is 36.5 Å². The number of ether oxygens (including phenoxy) is 1. The van der Waals surface area contributed by atoms with Crippen LogP contribution in [0.2, 0.25) is 0 Å². The number of fused-ring (bicyclic) bond motifs is 1. The highest BCUT2D eigenvalue weighted by Gasteiger charge is 2.42. The Kier molecular flexibility index (Phi) is 4.19. The molecule has 1 unspecified atom stereocenters. The summed E-state index contributed by atoms with van der Waals surface area (Å²) in [5, 5.41) is -0.156. The summed E-state index contributed by atoms with van der Waals surface area (Å²) in [5.74, 6) is 0.687. The maximum absolute atomic E-state index is 12.6. The smallest absolute Gasteiger partial charge is 0.217 e. The fourth-order valence-electron chi connectivity index (χ4n) is 3.80. The summed E-state index contributed by atoms with van der Waals surface area (Å²) in [4.78, 5) is 4.20. The second kappa shape index (κ2) is 6.18. The first kappa shape index (κ1) is 15.6. The summed E-state index contributed by atoms with van der Waals surface area (Å²) in [6.07, 6.45) is 10.4. The lowest BCUT2D eigenvalue weighted by atomic mass is 10.1. The molecule has 0 saturated heterocycles. The molecule has 0 spiro atoms. The third-order valence-electron chi connectivity index (χ3n) is 5.34. The van der Waals surface area contributed by atoms with Crippen LogP contribution in [0.1, 0.15) is 50.3 Å². The van der Waals surface area contributed by atoms with Crippen molar-refractivity contribution in [3.05, 3.63) is 18.2 Å². The van der Waals surface area contributed by atoms with Crippen molar-refractivity contribution in [3.63, 3.8) is 0 Å². The molecule has 4 rings (SSSR count). The van der Waals surface area contributed by atoms with Gasteiger partial charge in [-0.2, -0.15) is 4.31 Å². The summed E-state index contributed by atoms with van der Waals surface area (Å²) in [5.41, 5.74) is 0.968. The van der Waals surface area contributed by atoms with Crippen molar-refractivity contribution in [2.75, 3.05) is 19.8 Å². The Morgan fingerprint density at radius 3 is 2.70 bits per heavy atom. The predicted molar refractivity (Wildman–Crippen MR) is 86.4 cm³/mol. The molecule has 1 atom stereocenters. The Balaban J connectivity index is 1.43. The first-order chi connectivity index (χ1) is 11.1. The van der Waals surface area contributed by atoms with E-state index in [9.17, 15) is 8.42 Å². The molecule has 23 heavy (non-hydrogen) atoms. The van der Waals surface area contributed by atoms with Gasteiger partial charge >= 0.3 is 0 Å². The molecule has 6 nitrogen and oxygen atoms in total. The molecule has 2 aliphatic carbocycles. The van der Waals surface area contributed by atoms with Gasteiger partial charge in [0.2, 0.25) is 10.0 Å². The predicted octanol–water partition coefficient (Wildman–Crippen LogP) is 1.94. The summed E-state index contributed by atoms with van der Waals surface area (Å²) in [7, 11) is -3.15. The van der Waals surface area contributed by atoms with Crippen LogP contribution in [-0.2, 0) is 21.3 Å². The van der Waals surface area contributed by atoms with Crippen molar-refractivity contribution in [2.45, 2.75) is 56.4 Å². The molecular formula is C16H25N3O3S. The van der Waals surface area contributed by atoms with Gasteiger partial charge in [-0.25, -0.2) is 13.4 Å². The number of nitrogens with zero attached hydrogens (tertiary/aromatic N) is 3. The molecule has 3 aliphatic rings. The van der Waals surface area contributed by atoms with Gasteiger partial charge in [-0.15, -0.1) is 0 Å². The zero-order chi connectivity index (χ0) is 15.9. The highest BCUT2D eigenvalue weighted by molar-refractivity contribution is 7.90. The van der Waals surface area contributed by atoms with E-state index in [0.29, 0.717) is 25.6 Å². The van der Waals surface area contributed by atoms with E-state index in [1.165, 1.54) is 25.7 Å². The first-order valence-corrected chi connectivity index (χ1v) is 10.2. The molecule has 0 bridgehead atoms. The van der Waals surface area contributed by atoms with Crippen LogP contribution in [0, 0.1) is 5.92 Å². The number of imidazole rings is 1. The zero-order valence-electron chi connectivity index (χ0n) is 13.4. The van der Waals surface area contributed by atoms with Crippen molar-refractivity contribution < 1.29 is 13.2 Å². The topological polar surface area (TPSA) is 64.4 Å². The number of hydrogen-bond acceptors (Lipinski definition) is 4. The van der Waals surface area contributed by atoms with Crippen LogP contribution >= 0.6 is 0 Å². The van der Waals surface area contributed by atoms with E-state index in [2.05, 4.69) is 9.55 Å². The Labute approximate surface area is 137 Å². The molecule has 0 N–H and O–H groups in total. The van der Waals surface area contributed by atoms with Crippen molar-refractivity contribution in [2.24, 2.45) is 5.92 Å². The van der Waals surface area contributed by atoms with E-state index in [4.69, 9.17) is 4.74 Å². The third kappa shape index (κ3) is 3.19. The molecule has 0 aromatic carbocycles. The molecule has 1 aromatic rings. The van der Waals surface area contributed by atoms with Crippen LogP contribution in [0.15, 0.2) is 12.5 Å². The number of sulfonamides is 1. The fourth-order valence-corrected chi connectivity index (χ4v) is 5.65. The Morgan fingerprint density at radius 1 is 1.17 bits per heavy atom. The lowest BCUT2D eigenvalue weighted by molar-refractivity contribution is 0.0633. The molecule has 1 aromatic heterocycles. The van der Waals surface area contributed by atoms with Crippen LogP contribution in [-0.4, -0.2) is 47.3 Å². The molecule has 1 aliphatic heterocycles. The summed E-state index contributed by atoms with van der Waals surface area (Å²) in [6, 6.07) is 0.0381. The molecule has 0 amide bonds. The second-order valence-electron chi connectivity index (χ2n) is 7.17. The van der Waals surface area contributed by atoms with Gasteiger partial charge in [-0.1, -0.05) is 12.8 Å². The monoisotopic (exact) mass is 339 g/mol. The molecule has 2 fully saturated rings. The highest BCUT2D eigenvalue weighted by Crippen LogP contribution is 2.34. The molecule has 128 valence electrons. The largest absolute Gasteiger partial charge is 0.379 e. The summed E-state index contributed by atoms with van der Waals surface area (Å²) >= 11 is 0. The highest BCUT2D eigenvalue weighted by atomic mass is 32.2. The SMILES string of the molecule is O=S(=O)(C1CC1)N1Cc2cncn2C(COCC2CCCC2)C1. The van der Waals surface area contributed by atoms with Gasteiger partial charge in [-0.3, -0.25) is 0 Å². The van der Waals surface area contributed by atoms with Gasteiger partial charge in [0, 0.05) is 19.3 Å². The molecule has 2 saturated carbocycles. The van der Waals surface area contributed by atoms with Gasteiger partial charge in [0.1, 0.15) is 0 Å². The van der Waals surface area contributed by atoms with Gasteiger partial charge in [-0.05, 0) is 31.6 Å². The van der Waals surface area contributed by atoms with E-state index < -0.39 is 10.0 Å². The minimum Gasteiger partial charge on any atom is -0.379 e. The summed E-state index contributed by atoms with van der Waals surface area (Å²) < 4.78 is 34.8. The standard InChI is InChI=1S/C16H25N3O3S/c20-23(21,16-5-6-16)18-8-14-7-17-12-19(14)15(9-18)11-22-10-13-3-1-2-4-13/h7,12-13,15-16H,1-6,8-11H2. The van der Waals surface area contributed by atoms with E-state index >= 15 is 0 Å². The van der Waals surface area contributed by atoms with Gasteiger partial charge < -0.3 is 9.30 Å². The van der Waals surface area contributed by atoms with Crippen LogP contribution in [0.5, 0.6) is 0 Å². The average molecular weight is 339 g/mol. The molecule has 0 radical (unpaired) electrons. The Hall–Kier alpha value is -0.920. The van der Waals surface area contributed by atoms with Crippen LogP contribution < -0.4 is 0 Å². The lowest BCUT2D eigenvalue weighted by Gasteiger charge is -2.33. The van der Waals surface area contributed by atoms with E-state index in [-0.39, 0.29) is 11.3 Å². The van der Waals surface area contributed by atoms with Crippen LogP contribution in [0.25, 0.3) is 0 Å². The number of rotatable bonds is 6.